The van der Waals surface area contributed by atoms with Crippen LogP contribution in [0.5, 0.6) is 0 Å². The Labute approximate surface area is 120 Å². The molecule has 20 heavy (non-hydrogen) atoms. The van der Waals surface area contributed by atoms with Crippen LogP contribution in [0.4, 0.5) is 5.69 Å². The van der Waals surface area contributed by atoms with E-state index in [1.165, 1.54) is 23.9 Å². The molecule has 0 atom stereocenters. The fourth-order valence-electron chi connectivity index (χ4n) is 2.28. The molecule has 0 saturated heterocycles. The van der Waals surface area contributed by atoms with E-state index in [0.717, 1.165) is 4.90 Å². The van der Waals surface area contributed by atoms with Gasteiger partial charge >= 0.3 is 0 Å². The molecule has 1 aliphatic rings. The smallest absolute Gasteiger partial charge is 0.183 e. The molecule has 2 rings (SSSR count). The van der Waals surface area contributed by atoms with Gasteiger partial charge in [0.05, 0.1) is 0 Å². The summed E-state index contributed by atoms with van der Waals surface area (Å²) in [5, 5.41) is 2.84. The van der Waals surface area contributed by atoms with Gasteiger partial charge in [-0.05, 0) is 36.1 Å². The van der Waals surface area contributed by atoms with Crippen LogP contribution in [0, 0.1) is 10.8 Å². The van der Waals surface area contributed by atoms with E-state index in [0.29, 0.717) is 6.42 Å². The highest BCUT2D eigenvalue weighted by Crippen LogP contribution is 2.30. The molecule has 6 heteroatoms. The second-order valence-electron chi connectivity index (χ2n) is 4.56. The molecule has 1 aromatic rings. The zero-order chi connectivity index (χ0) is 14.7. The number of benzene rings is 1. The lowest BCUT2D eigenvalue weighted by atomic mass is 9.81. The number of ketones is 3. The third-order valence-electron chi connectivity index (χ3n) is 3.32. The Morgan fingerprint density at radius 1 is 1.25 bits per heavy atom. The van der Waals surface area contributed by atoms with Gasteiger partial charge < -0.3 is 0 Å². The lowest BCUT2D eigenvalue weighted by Gasteiger charge is -2.18. The van der Waals surface area contributed by atoms with Gasteiger partial charge in [-0.25, -0.2) is 0 Å². The molecule has 0 heterocycles. The van der Waals surface area contributed by atoms with E-state index in [2.05, 4.69) is 5.18 Å². The fourth-order valence-corrected chi connectivity index (χ4v) is 2.71. The fraction of sp³-hybridized carbons (Fsp3) is 0.357. The summed E-state index contributed by atoms with van der Waals surface area (Å²) in [7, 11) is 0. The number of carbonyl (C=O) groups excluding carboxylic acids is 3. The van der Waals surface area contributed by atoms with Gasteiger partial charge in [0.15, 0.2) is 17.3 Å². The van der Waals surface area contributed by atoms with Crippen LogP contribution >= 0.6 is 11.8 Å². The van der Waals surface area contributed by atoms with Crippen molar-refractivity contribution in [3.05, 3.63) is 28.7 Å². The van der Waals surface area contributed by atoms with Gasteiger partial charge in [0.1, 0.15) is 11.6 Å². The quantitative estimate of drug-likeness (QED) is 0.369. The highest BCUT2D eigenvalue weighted by atomic mass is 32.2. The third kappa shape index (κ3) is 2.70. The molecule has 1 aliphatic carbocycles. The monoisotopic (exact) mass is 291 g/mol. The molecule has 0 unspecified atom stereocenters. The maximum absolute atomic E-state index is 12.4. The van der Waals surface area contributed by atoms with E-state index in [1.807, 2.05) is 6.26 Å². The Bertz CT molecular complexity index is 581. The predicted octanol–water partition coefficient (Wildman–Crippen LogP) is 2.93. The maximum atomic E-state index is 12.4. The molecule has 1 fully saturated rings. The maximum Gasteiger partial charge on any atom is 0.183 e. The largest absolute Gasteiger partial charge is 0.298 e. The first-order valence-electron chi connectivity index (χ1n) is 6.19. The number of nitrogens with zero attached hydrogens (tertiary/aromatic N) is 1. The SMILES string of the molecule is CSc1ccc(C(=O)C2C(=O)CCCC2=O)c(N=O)c1. The number of hydrogen-bond donors (Lipinski definition) is 0. The van der Waals surface area contributed by atoms with Crippen molar-refractivity contribution < 1.29 is 14.4 Å². The van der Waals surface area contributed by atoms with Gasteiger partial charge in [-0.1, -0.05) is 0 Å². The average molecular weight is 291 g/mol. The minimum absolute atomic E-state index is 0.0203. The van der Waals surface area contributed by atoms with Crippen molar-refractivity contribution in [1.29, 1.82) is 0 Å². The van der Waals surface area contributed by atoms with Gasteiger partial charge in [0.2, 0.25) is 0 Å². The third-order valence-corrected chi connectivity index (χ3v) is 4.05. The minimum Gasteiger partial charge on any atom is -0.298 e. The zero-order valence-electron chi connectivity index (χ0n) is 10.9. The Morgan fingerprint density at radius 2 is 1.90 bits per heavy atom. The lowest BCUT2D eigenvalue weighted by molar-refractivity contribution is -0.133. The summed E-state index contributed by atoms with van der Waals surface area (Å²) >= 11 is 1.41. The Kier molecular flexibility index (Phi) is 4.44. The van der Waals surface area contributed by atoms with Crippen LogP contribution in [-0.2, 0) is 9.59 Å². The topological polar surface area (TPSA) is 80.6 Å². The Balaban J connectivity index is 2.40. The van der Waals surface area contributed by atoms with Crippen molar-refractivity contribution in [2.45, 2.75) is 24.2 Å². The van der Waals surface area contributed by atoms with Crippen molar-refractivity contribution in [3.63, 3.8) is 0 Å². The molecule has 0 N–H and O–H groups in total. The number of Topliss-reactive ketones (excluding diaryl/α,β-unsaturated/α-hetero) is 3. The number of thioether (sulfide) groups is 1. The van der Waals surface area contributed by atoms with E-state index < -0.39 is 11.7 Å². The van der Waals surface area contributed by atoms with E-state index in [9.17, 15) is 19.3 Å². The van der Waals surface area contributed by atoms with Crippen molar-refractivity contribution in [2.75, 3.05) is 6.26 Å². The Hall–Kier alpha value is -1.82. The van der Waals surface area contributed by atoms with Gasteiger partial charge in [-0.15, -0.1) is 16.7 Å². The molecule has 0 spiro atoms. The van der Waals surface area contributed by atoms with Crippen molar-refractivity contribution in [3.8, 4) is 0 Å². The van der Waals surface area contributed by atoms with E-state index in [1.54, 1.807) is 6.07 Å². The van der Waals surface area contributed by atoms with E-state index in [4.69, 9.17) is 0 Å². The predicted molar refractivity (Wildman–Crippen MR) is 75.4 cm³/mol. The summed E-state index contributed by atoms with van der Waals surface area (Å²) in [6.07, 6.45) is 2.79. The molecule has 1 aromatic carbocycles. The minimum atomic E-state index is -1.26. The molecule has 0 amide bonds. The molecule has 0 bridgehead atoms. The first-order chi connectivity index (χ1) is 9.58. The van der Waals surface area contributed by atoms with Crippen LogP contribution in [-0.4, -0.2) is 23.6 Å². The van der Waals surface area contributed by atoms with Crippen molar-refractivity contribution >= 4 is 34.8 Å². The zero-order valence-corrected chi connectivity index (χ0v) is 11.7. The van der Waals surface area contributed by atoms with Crippen molar-refractivity contribution in [2.24, 2.45) is 11.1 Å². The van der Waals surface area contributed by atoms with E-state index >= 15 is 0 Å². The number of nitroso groups, excluding NO2 is 1. The van der Waals surface area contributed by atoms with Gasteiger partial charge in [0, 0.05) is 23.3 Å². The summed E-state index contributed by atoms with van der Waals surface area (Å²) < 4.78 is 0. The average Bonchev–Trinajstić information content (AvgIpc) is 2.46. The molecule has 5 nitrogen and oxygen atoms in total. The normalized spacial score (nSPS) is 16.2. The van der Waals surface area contributed by atoms with Gasteiger partial charge in [0.25, 0.3) is 0 Å². The van der Waals surface area contributed by atoms with Crippen LogP contribution < -0.4 is 0 Å². The van der Waals surface area contributed by atoms with Gasteiger partial charge in [-0.2, -0.15) is 0 Å². The highest BCUT2D eigenvalue weighted by Gasteiger charge is 2.37. The summed E-state index contributed by atoms with van der Waals surface area (Å²) in [6, 6.07) is 4.62. The molecule has 0 aliphatic heterocycles. The van der Waals surface area contributed by atoms with Crippen LogP contribution in [0.1, 0.15) is 29.6 Å². The summed E-state index contributed by atoms with van der Waals surface area (Å²) in [4.78, 5) is 47.6. The molecular weight excluding hydrogens is 278 g/mol. The molecule has 1 saturated carbocycles. The summed E-state index contributed by atoms with van der Waals surface area (Å²) in [6.45, 7) is 0. The second-order valence-corrected chi connectivity index (χ2v) is 5.44. The molecular formula is C14H13NO4S. The van der Waals surface area contributed by atoms with Crippen LogP contribution in [0.15, 0.2) is 28.3 Å². The highest BCUT2D eigenvalue weighted by molar-refractivity contribution is 7.98. The van der Waals surface area contributed by atoms with Crippen molar-refractivity contribution in [1.82, 2.24) is 0 Å². The van der Waals surface area contributed by atoms with Crippen LogP contribution in [0.3, 0.4) is 0 Å². The number of carbonyl (C=O) groups is 3. The van der Waals surface area contributed by atoms with Crippen LogP contribution in [0.25, 0.3) is 0 Å². The first-order valence-corrected chi connectivity index (χ1v) is 7.42. The summed E-state index contributed by atoms with van der Waals surface area (Å²) in [5.74, 6) is -2.60. The first kappa shape index (κ1) is 14.6. The molecule has 0 aromatic heterocycles. The Morgan fingerprint density at radius 3 is 2.45 bits per heavy atom. The number of hydrogen-bond acceptors (Lipinski definition) is 6. The van der Waals surface area contributed by atoms with E-state index in [-0.39, 0.29) is 35.7 Å². The molecule has 104 valence electrons. The second kappa shape index (κ2) is 6.09. The summed E-state index contributed by atoms with van der Waals surface area (Å²) in [5.41, 5.74) is 0.0272. The molecule has 0 radical (unpaired) electrons. The lowest BCUT2D eigenvalue weighted by Crippen LogP contribution is -2.35. The van der Waals surface area contributed by atoms with Gasteiger partial charge in [-0.3, -0.25) is 14.4 Å². The number of rotatable bonds is 4. The standard InChI is InChI=1S/C14H13NO4S/c1-20-8-5-6-9(10(7-8)15-19)14(18)13-11(16)3-2-4-12(13)17/h5-7,13H,2-4H2,1H3. The van der Waals surface area contributed by atoms with Crippen LogP contribution in [0.2, 0.25) is 0 Å².